The van der Waals surface area contributed by atoms with Gasteiger partial charge in [0.1, 0.15) is 0 Å². The number of halogens is 1. The summed E-state index contributed by atoms with van der Waals surface area (Å²) < 4.78 is 1.24. The smallest absolute Gasteiger partial charge is 0.0601 e. The molecule has 0 amide bonds. The maximum Gasteiger partial charge on any atom is 0.0601 e. The van der Waals surface area contributed by atoms with Gasteiger partial charge in [0.05, 0.1) is 12.1 Å². The summed E-state index contributed by atoms with van der Waals surface area (Å²) in [4.78, 5) is 0.824. The van der Waals surface area contributed by atoms with Gasteiger partial charge < -0.3 is 5.32 Å². The summed E-state index contributed by atoms with van der Waals surface area (Å²) in [6.07, 6.45) is 1.77. The zero-order chi connectivity index (χ0) is 19.6. The summed E-state index contributed by atoms with van der Waals surface area (Å²) in [5.41, 5.74) is 4.91. The van der Waals surface area contributed by atoms with Gasteiger partial charge in [-0.25, -0.2) is 0 Å². The van der Waals surface area contributed by atoms with Gasteiger partial charge in [-0.15, -0.1) is 12.6 Å². The number of hydrogen-bond donors (Lipinski definition) is 3. The van der Waals surface area contributed by atoms with E-state index in [0.717, 1.165) is 23.4 Å². The summed E-state index contributed by atoms with van der Waals surface area (Å²) in [5, 5.41) is 7.33. The van der Waals surface area contributed by atoms with E-state index < -0.39 is 0 Å². The number of fused-ring (bicyclic) bond motifs is 1. The Kier molecular flexibility index (Phi) is 6.39. The maximum atomic E-state index is 4.54. The van der Waals surface area contributed by atoms with E-state index in [-0.39, 0.29) is 17.6 Å². The van der Waals surface area contributed by atoms with Crippen LogP contribution in [0.5, 0.6) is 0 Å². The Labute approximate surface area is 182 Å². The third-order valence-corrected chi connectivity index (χ3v) is 6.22. The monoisotopic (exact) mass is 490 g/mol. The Morgan fingerprint density at radius 1 is 1.22 bits per heavy atom. The molecule has 0 radical (unpaired) electrons. The first kappa shape index (κ1) is 20.5. The first-order valence-corrected chi connectivity index (χ1v) is 10.7. The van der Waals surface area contributed by atoms with Crippen LogP contribution in [0, 0.1) is 3.57 Å². The Morgan fingerprint density at radius 3 is 2.56 bits per heavy atom. The molecule has 3 rings (SSSR count). The Hall–Kier alpha value is -1.24. The number of thiol groups is 1. The zero-order valence-corrected chi connectivity index (χ0v) is 19.0. The zero-order valence-electron chi connectivity index (χ0n) is 15.9. The maximum absolute atomic E-state index is 4.54. The second kappa shape index (κ2) is 8.41. The van der Waals surface area contributed by atoms with E-state index in [2.05, 4.69) is 121 Å². The Morgan fingerprint density at radius 2 is 1.89 bits per heavy atom. The van der Waals surface area contributed by atoms with Crippen molar-refractivity contribution in [3.63, 3.8) is 0 Å². The first-order valence-electron chi connectivity index (χ1n) is 9.20. The van der Waals surface area contributed by atoms with Crippen molar-refractivity contribution in [2.75, 3.05) is 0 Å². The van der Waals surface area contributed by atoms with Crippen LogP contribution in [0.1, 0.15) is 30.5 Å². The van der Waals surface area contributed by atoms with Gasteiger partial charge >= 0.3 is 0 Å². The van der Waals surface area contributed by atoms with Gasteiger partial charge in [0, 0.05) is 14.8 Å². The van der Waals surface area contributed by atoms with Crippen molar-refractivity contribution in [2.45, 2.75) is 44.3 Å². The first-order chi connectivity index (χ1) is 12.8. The molecule has 2 unspecified atom stereocenters. The molecule has 2 atom stereocenters. The summed E-state index contributed by atoms with van der Waals surface area (Å²) in [6, 6.07) is 17.5. The molecule has 1 aliphatic heterocycles. The number of rotatable bonds is 6. The van der Waals surface area contributed by atoms with Gasteiger partial charge in [0.25, 0.3) is 0 Å². The fourth-order valence-corrected chi connectivity index (χ4v) is 4.25. The van der Waals surface area contributed by atoms with Crippen LogP contribution in [0.3, 0.4) is 0 Å². The van der Waals surface area contributed by atoms with Crippen LogP contribution < -0.4 is 10.6 Å². The SMILES string of the molecule is C=C(S)C(Cc1ccc(I)cc1)NC(=C)C1Cc2ccccc2C(C)(C)N1. The molecule has 0 saturated heterocycles. The van der Waals surface area contributed by atoms with Gasteiger partial charge in [0.2, 0.25) is 0 Å². The predicted molar refractivity (Wildman–Crippen MR) is 127 cm³/mol. The third-order valence-electron chi connectivity index (χ3n) is 5.19. The molecule has 1 aliphatic rings. The summed E-state index contributed by atoms with van der Waals surface area (Å²) >= 11 is 6.87. The van der Waals surface area contributed by atoms with Crippen LogP contribution in [-0.2, 0) is 18.4 Å². The average Bonchev–Trinajstić information content (AvgIpc) is 2.62. The van der Waals surface area contributed by atoms with E-state index in [1.807, 2.05) is 0 Å². The third kappa shape index (κ3) is 4.98. The minimum atomic E-state index is -0.0896. The van der Waals surface area contributed by atoms with E-state index in [4.69, 9.17) is 0 Å². The lowest BCUT2D eigenvalue weighted by molar-refractivity contribution is 0.325. The van der Waals surface area contributed by atoms with E-state index in [1.54, 1.807) is 0 Å². The molecule has 0 spiro atoms. The Bertz CT molecular complexity index is 842. The predicted octanol–water partition coefficient (Wildman–Crippen LogP) is 5.20. The lowest BCUT2D eigenvalue weighted by Gasteiger charge is -2.40. The van der Waals surface area contributed by atoms with Crippen molar-refractivity contribution >= 4 is 35.2 Å². The molecule has 0 aromatic heterocycles. The van der Waals surface area contributed by atoms with Gasteiger partial charge in [-0.3, -0.25) is 5.32 Å². The van der Waals surface area contributed by atoms with Gasteiger partial charge in [-0.1, -0.05) is 49.6 Å². The molecule has 2 aromatic carbocycles. The van der Waals surface area contributed by atoms with Crippen LogP contribution in [0.15, 0.2) is 72.3 Å². The molecule has 27 heavy (non-hydrogen) atoms. The summed E-state index contributed by atoms with van der Waals surface area (Å²) in [6.45, 7) is 12.9. The number of nitrogens with one attached hydrogen (secondary N) is 2. The van der Waals surface area contributed by atoms with Gasteiger partial charge in [0.15, 0.2) is 0 Å². The minimum absolute atomic E-state index is 0.0444. The second-order valence-electron chi connectivity index (χ2n) is 7.73. The standard InChI is InChI=1S/C23H27IN2S/c1-15(21-14-18-7-5-6-8-20(18)23(3,4)26-21)25-22(16(2)27)13-17-9-11-19(24)12-10-17/h5-12,21-22,25-27H,1-2,13-14H2,3-4H3. The quantitative estimate of drug-likeness (QED) is 0.383. The molecule has 0 fully saturated rings. The highest BCUT2D eigenvalue weighted by atomic mass is 127. The van der Waals surface area contributed by atoms with Crippen molar-refractivity contribution in [3.8, 4) is 0 Å². The molecule has 2 N–H and O–H groups in total. The van der Waals surface area contributed by atoms with E-state index in [0.29, 0.717) is 0 Å². The molecule has 0 bridgehead atoms. The van der Waals surface area contributed by atoms with Crippen LogP contribution in [0.2, 0.25) is 0 Å². The van der Waals surface area contributed by atoms with Crippen molar-refractivity contribution < 1.29 is 0 Å². The van der Waals surface area contributed by atoms with Crippen LogP contribution in [-0.4, -0.2) is 12.1 Å². The van der Waals surface area contributed by atoms with Gasteiger partial charge in [-0.2, -0.15) is 0 Å². The van der Waals surface area contributed by atoms with Crippen molar-refractivity contribution in [2.24, 2.45) is 0 Å². The molecular weight excluding hydrogens is 463 g/mol. The Balaban J connectivity index is 1.73. The molecule has 4 heteroatoms. The summed E-state index contributed by atoms with van der Waals surface area (Å²) in [5.74, 6) is 0. The molecule has 2 aromatic rings. The fraction of sp³-hybridized carbons (Fsp3) is 0.304. The molecule has 1 heterocycles. The van der Waals surface area contributed by atoms with Crippen molar-refractivity contribution in [1.82, 2.24) is 10.6 Å². The highest BCUT2D eigenvalue weighted by Gasteiger charge is 2.33. The normalized spacial score (nSPS) is 19.0. The lowest BCUT2D eigenvalue weighted by Crippen LogP contribution is -2.52. The lowest BCUT2D eigenvalue weighted by atomic mass is 9.82. The molecule has 0 aliphatic carbocycles. The minimum Gasteiger partial charge on any atom is -0.380 e. The molecular formula is C23H27IN2S. The summed E-state index contributed by atoms with van der Waals surface area (Å²) in [7, 11) is 0. The molecule has 0 saturated carbocycles. The number of hydrogen-bond acceptors (Lipinski definition) is 3. The van der Waals surface area contributed by atoms with Crippen molar-refractivity contribution in [1.29, 1.82) is 0 Å². The van der Waals surface area contributed by atoms with Crippen LogP contribution in [0.4, 0.5) is 0 Å². The van der Waals surface area contributed by atoms with E-state index in [1.165, 1.54) is 20.3 Å². The highest BCUT2D eigenvalue weighted by Crippen LogP contribution is 2.31. The van der Waals surface area contributed by atoms with Crippen molar-refractivity contribution in [3.05, 3.63) is 92.6 Å². The van der Waals surface area contributed by atoms with Crippen LogP contribution in [0.25, 0.3) is 0 Å². The van der Waals surface area contributed by atoms with Gasteiger partial charge in [-0.05, 0) is 83.0 Å². The average molecular weight is 490 g/mol. The van der Waals surface area contributed by atoms with E-state index in [9.17, 15) is 0 Å². The second-order valence-corrected chi connectivity index (χ2v) is 9.55. The molecule has 142 valence electrons. The molecule has 2 nitrogen and oxygen atoms in total. The highest BCUT2D eigenvalue weighted by molar-refractivity contribution is 14.1. The number of benzene rings is 2. The fourth-order valence-electron chi connectivity index (χ4n) is 3.74. The van der Waals surface area contributed by atoms with Crippen LogP contribution >= 0.6 is 35.2 Å². The van der Waals surface area contributed by atoms with E-state index >= 15 is 0 Å². The largest absolute Gasteiger partial charge is 0.380 e. The topological polar surface area (TPSA) is 24.1 Å².